The zero-order valence-electron chi connectivity index (χ0n) is 10.8. The van der Waals surface area contributed by atoms with Gasteiger partial charge < -0.3 is 10.5 Å². The first-order chi connectivity index (χ1) is 9.65. The topological polar surface area (TPSA) is 52.3 Å². The van der Waals surface area contributed by atoms with Crippen molar-refractivity contribution in [2.24, 2.45) is 0 Å². The molecule has 2 N–H and O–H groups in total. The Morgan fingerprint density at radius 1 is 1.30 bits per heavy atom. The molecule has 0 amide bonds. The van der Waals surface area contributed by atoms with E-state index in [-0.39, 0.29) is 17.2 Å². The molecule has 2 aromatic carbocycles. The van der Waals surface area contributed by atoms with Crippen molar-refractivity contribution in [1.29, 1.82) is 0 Å². The first kappa shape index (κ1) is 12.7. The third kappa shape index (κ3) is 2.25. The van der Waals surface area contributed by atoms with Crippen molar-refractivity contribution < 1.29 is 13.9 Å². The minimum atomic E-state index is -0.577. The number of carbonyl (C=O) groups excluding carboxylic acids is 1. The highest BCUT2D eigenvalue weighted by Crippen LogP contribution is 2.35. The van der Waals surface area contributed by atoms with Gasteiger partial charge in [-0.15, -0.1) is 0 Å². The summed E-state index contributed by atoms with van der Waals surface area (Å²) in [6.07, 6.45) is 0.905. The maximum Gasteiger partial charge on any atom is 0.340 e. The fourth-order valence-electron chi connectivity index (χ4n) is 2.47. The van der Waals surface area contributed by atoms with Gasteiger partial charge in [-0.1, -0.05) is 24.3 Å². The highest BCUT2D eigenvalue weighted by molar-refractivity contribution is 5.95. The van der Waals surface area contributed by atoms with Crippen molar-refractivity contribution in [1.82, 2.24) is 0 Å². The first-order valence-electron chi connectivity index (χ1n) is 6.45. The van der Waals surface area contributed by atoms with E-state index in [1.807, 2.05) is 18.2 Å². The third-order valence-corrected chi connectivity index (χ3v) is 3.61. The van der Waals surface area contributed by atoms with E-state index in [9.17, 15) is 9.18 Å². The Morgan fingerprint density at radius 2 is 2.10 bits per heavy atom. The average Bonchev–Trinajstić information content (AvgIpc) is 2.42. The lowest BCUT2D eigenvalue weighted by atomic mass is 9.78. The number of rotatable bonds is 3. The van der Waals surface area contributed by atoms with Crippen LogP contribution in [0.4, 0.5) is 10.1 Å². The van der Waals surface area contributed by atoms with Gasteiger partial charge in [0.05, 0.1) is 12.2 Å². The van der Waals surface area contributed by atoms with E-state index in [0.29, 0.717) is 6.61 Å². The largest absolute Gasteiger partial charge is 0.461 e. The number of anilines is 1. The summed E-state index contributed by atoms with van der Waals surface area (Å²) < 4.78 is 18.4. The number of nitrogens with two attached hydrogens (primary N) is 1. The van der Waals surface area contributed by atoms with Crippen molar-refractivity contribution in [3.63, 3.8) is 0 Å². The second-order valence-corrected chi connectivity index (χ2v) is 4.93. The average molecular weight is 271 g/mol. The van der Waals surface area contributed by atoms with Gasteiger partial charge in [0.2, 0.25) is 0 Å². The lowest BCUT2D eigenvalue weighted by molar-refractivity contribution is 0.0470. The number of hydrogen-bond acceptors (Lipinski definition) is 3. The Balaban J connectivity index is 1.65. The number of hydrogen-bond donors (Lipinski definition) is 1. The summed E-state index contributed by atoms with van der Waals surface area (Å²) in [6, 6.07) is 11.8. The lowest BCUT2D eigenvalue weighted by Gasteiger charge is -2.29. The Kier molecular flexibility index (Phi) is 3.14. The molecule has 0 aliphatic heterocycles. The van der Waals surface area contributed by atoms with Crippen LogP contribution in [-0.4, -0.2) is 12.6 Å². The quantitative estimate of drug-likeness (QED) is 0.690. The van der Waals surface area contributed by atoms with Gasteiger partial charge in [0.15, 0.2) is 0 Å². The second kappa shape index (κ2) is 4.96. The van der Waals surface area contributed by atoms with Gasteiger partial charge in [-0.25, -0.2) is 9.18 Å². The molecule has 0 saturated heterocycles. The third-order valence-electron chi connectivity index (χ3n) is 3.61. The number of halogens is 1. The molecule has 0 saturated carbocycles. The van der Waals surface area contributed by atoms with Crippen molar-refractivity contribution in [3.8, 4) is 0 Å². The van der Waals surface area contributed by atoms with Gasteiger partial charge in [0, 0.05) is 11.6 Å². The zero-order valence-corrected chi connectivity index (χ0v) is 10.8. The molecule has 2 aromatic rings. The van der Waals surface area contributed by atoms with E-state index in [4.69, 9.17) is 10.5 Å². The molecule has 1 atom stereocenters. The summed E-state index contributed by atoms with van der Waals surface area (Å²) in [5.41, 5.74) is 8.47. The maximum atomic E-state index is 13.1. The van der Waals surface area contributed by atoms with Crippen LogP contribution in [0.3, 0.4) is 0 Å². The van der Waals surface area contributed by atoms with Crippen LogP contribution in [0.2, 0.25) is 0 Å². The molecule has 1 aliphatic carbocycles. The smallest absolute Gasteiger partial charge is 0.340 e. The van der Waals surface area contributed by atoms with Crippen LogP contribution in [-0.2, 0) is 11.2 Å². The Bertz CT molecular complexity index is 669. The summed E-state index contributed by atoms with van der Waals surface area (Å²) >= 11 is 0. The molecule has 0 bridgehead atoms. The highest BCUT2D eigenvalue weighted by Gasteiger charge is 2.27. The van der Waals surface area contributed by atoms with Crippen LogP contribution in [0.5, 0.6) is 0 Å². The van der Waals surface area contributed by atoms with E-state index in [1.54, 1.807) is 0 Å². The summed E-state index contributed by atoms with van der Waals surface area (Å²) in [7, 11) is 0. The molecule has 4 heteroatoms. The van der Waals surface area contributed by atoms with Crippen molar-refractivity contribution >= 4 is 11.7 Å². The van der Waals surface area contributed by atoms with Crippen molar-refractivity contribution in [3.05, 3.63) is 65.0 Å². The van der Waals surface area contributed by atoms with Gasteiger partial charge in [-0.05, 0) is 35.7 Å². The summed E-state index contributed by atoms with van der Waals surface area (Å²) in [4.78, 5) is 11.9. The fourth-order valence-corrected chi connectivity index (χ4v) is 2.47. The molecular weight excluding hydrogens is 257 g/mol. The zero-order chi connectivity index (χ0) is 14.1. The van der Waals surface area contributed by atoms with Crippen molar-refractivity contribution in [2.75, 3.05) is 12.3 Å². The van der Waals surface area contributed by atoms with E-state index in [2.05, 4.69) is 6.07 Å². The standard InChI is InChI=1S/C16H14FNO2/c17-12-5-6-15(18)14(8-12)16(19)20-9-11-7-10-3-1-2-4-13(10)11/h1-6,8,11H,7,9,18H2. The van der Waals surface area contributed by atoms with E-state index in [0.717, 1.165) is 12.5 Å². The van der Waals surface area contributed by atoms with Crippen LogP contribution in [0.15, 0.2) is 42.5 Å². The molecule has 0 radical (unpaired) electrons. The van der Waals surface area contributed by atoms with Gasteiger partial charge in [0.25, 0.3) is 0 Å². The molecule has 3 rings (SSSR count). The molecule has 1 aliphatic rings. The van der Waals surface area contributed by atoms with Crippen LogP contribution >= 0.6 is 0 Å². The molecule has 3 nitrogen and oxygen atoms in total. The predicted octanol–water partition coefficient (Wildman–Crippen LogP) is 2.90. The van der Waals surface area contributed by atoms with Crippen LogP contribution in [0, 0.1) is 5.82 Å². The first-order valence-corrected chi connectivity index (χ1v) is 6.45. The number of nitrogen functional groups attached to an aromatic ring is 1. The fraction of sp³-hybridized carbons (Fsp3) is 0.188. The Morgan fingerprint density at radius 3 is 2.90 bits per heavy atom. The molecule has 102 valence electrons. The molecule has 0 heterocycles. The highest BCUT2D eigenvalue weighted by atomic mass is 19.1. The number of fused-ring (bicyclic) bond motifs is 1. The number of ether oxygens (including phenoxy) is 1. The molecule has 0 spiro atoms. The number of esters is 1. The van der Waals surface area contributed by atoms with Crippen LogP contribution in [0.25, 0.3) is 0 Å². The van der Waals surface area contributed by atoms with Crippen molar-refractivity contribution in [2.45, 2.75) is 12.3 Å². The molecular formula is C16H14FNO2. The number of benzene rings is 2. The summed E-state index contributed by atoms with van der Waals surface area (Å²) in [5, 5.41) is 0. The van der Waals surface area contributed by atoms with E-state index < -0.39 is 11.8 Å². The lowest BCUT2D eigenvalue weighted by Crippen LogP contribution is -2.23. The second-order valence-electron chi connectivity index (χ2n) is 4.93. The normalized spacial score (nSPS) is 16.1. The number of carbonyl (C=O) groups is 1. The minimum Gasteiger partial charge on any atom is -0.461 e. The van der Waals surface area contributed by atoms with Gasteiger partial charge in [0.1, 0.15) is 5.82 Å². The predicted molar refractivity (Wildman–Crippen MR) is 74.0 cm³/mol. The molecule has 0 fully saturated rings. The van der Waals surface area contributed by atoms with Gasteiger partial charge in [-0.2, -0.15) is 0 Å². The Labute approximate surface area is 116 Å². The van der Waals surface area contributed by atoms with Gasteiger partial charge in [-0.3, -0.25) is 0 Å². The summed E-state index contributed by atoms with van der Waals surface area (Å²) in [5.74, 6) is -0.851. The van der Waals surface area contributed by atoms with Gasteiger partial charge >= 0.3 is 5.97 Å². The summed E-state index contributed by atoms with van der Waals surface area (Å²) in [6.45, 7) is 0.297. The SMILES string of the molecule is Nc1ccc(F)cc1C(=O)OCC1Cc2ccccc21. The van der Waals surface area contributed by atoms with E-state index in [1.165, 1.54) is 23.3 Å². The molecule has 20 heavy (non-hydrogen) atoms. The molecule has 1 unspecified atom stereocenters. The minimum absolute atomic E-state index is 0.0811. The Hall–Kier alpha value is -2.36. The van der Waals surface area contributed by atoms with Crippen LogP contribution in [0.1, 0.15) is 27.4 Å². The molecule has 0 aromatic heterocycles. The maximum absolute atomic E-state index is 13.1. The van der Waals surface area contributed by atoms with Crippen LogP contribution < -0.4 is 5.73 Å². The monoisotopic (exact) mass is 271 g/mol. The van der Waals surface area contributed by atoms with E-state index >= 15 is 0 Å².